The second-order valence-electron chi connectivity index (χ2n) is 7.06. The van der Waals surface area contributed by atoms with E-state index in [4.69, 9.17) is 17.6 Å². The Balaban J connectivity index is 1.69. The maximum Gasteiger partial charge on any atom is 0.182 e. The van der Waals surface area contributed by atoms with E-state index in [0.29, 0.717) is 22.1 Å². The first kappa shape index (κ1) is 19.3. The van der Waals surface area contributed by atoms with Crippen molar-refractivity contribution in [2.45, 2.75) is 19.4 Å². The molecule has 2 aromatic rings. The molecule has 8 heteroatoms. The molecule has 0 aromatic carbocycles. The highest BCUT2D eigenvalue weighted by molar-refractivity contribution is 7.71. The maximum absolute atomic E-state index is 9.50. The Bertz CT molecular complexity index is 955. The average molecular weight is 384 g/mol. The zero-order valence-electron chi connectivity index (χ0n) is 15.8. The van der Waals surface area contributed by atoms with Gasteiger partial charge in [-0.25, -0.2) is 0 Å². The van der Waals surface area contributed by atoms with Crippen LogP contribution < -0.4 is 10.8 Å². The number of likely N-dealkylation sites (tertiary alicyclic amines) is 1. The van der Waals surface area contributed by atoms with Crippen LogP contribution in [-0.4, -0.2) is 38.7 Å². The van der Waals surface area contributed by atoms with Gasteiger partial charge in [0.2, 0.25) is 0 Å². The van der Waals surface area contributed by atoms with Crippen molar-refractivity contribution in [2.75, 3.05) is 25.0 Å². The Morgan fingerprint density at radius 1 is 1.33 bits per heavy atom. The molecule has 2 N–H and O–H groups in total. The summed E-state index contributed by atoms with van der Waals surface area (Å²) in [7, 11) is 3.55. The van der Waals surface area contributed by atoms with Crippen LogP contribution >= 0.6 is 12.2 Å². The molecule has 1 atom stereocenters. The third-order valence-electron chi connectivity index (χ3n) is 5.15. The summed E-state index contributed by atoms with van der Waals surface area (Å²) in [5.74, 6) is 1.13. The molecule has 2 aromatic heterocycles. The largest absolute Gasteiger partial charge is 0.370 e. The monoisotopic (exact) mass is 383 g/mol. The second-order valence-corrected chi connectivity index (χ2v) is 7.43. The molecule has 7 nitrogen and oxygen atoms in total. The number of pyridine rings is 1. The lowest BCUT2D eigenvalue weighted by Crippen LogP contribution is -2.38. The van der Waals surface area contributed by atoms with Gasteiger partial charge in [-0.3, -0.25) is 15.3 Å². The van der Waals surface area contributed by atoms with Crippen molar-refractivity contribution in [3.8, 4) is 6.07 Å². The summed E-state index contributed by atoms with van der Waals surface area (Å²) < 4.78 is 3.85. The van der Waals surface area contributed by atoms with Crippen LogP contribution in [0.2, 0.25) is 0 Å². The van der Waals surface area contributed by atoms with Crippen LogP contribution in [0.25, 0.3) is 0 Å². The lowest BCUT2D eigenvalue weighted by atomic mass is 9.97. The van der Waals surface area contributed by atoms with Crippen molar-refractivity contribution in [1.82, 2.24) is 19.0 Å². The minimum atomic E-state index is 0.144. The van der Waals surface area contributed by atoms with Gasteiger partial charge in [0.1, 0.15) is 22.9 Å². The maximum atomic E-state index is 9.50. The fourth-order valence-electron chi connectivity index (χ4n) is 3.63. The quantitative estimate of drug-likeness (QED) is 0.773. The minimum Gasteiger partial charge on any atom is -0.370 e. The zero-order valence-corrected chi connectivity index (χ0v) is 16.6. The number of hydrogen-bond acceptors (Lipinski definition) is 6. The summed E-state index contributed by atoms with van der Waals surface area (Å²) in [6.07, 6.45) is 5.98. The van der Waals surface area contributed by atoms with E-state index in [2.05, 4.69) is 33.4 Å². The summed E-state index contributed by atoms with van der Waals surface area (Å²) in [5, 5.41) is 21.1. The number of aromatic nitrogens is 3. The number of anilines is 1. The molecule has 3 rings (SSSR count). The summed E-state index contributed by atoms with van der Waals surface area (Å²) in [4.78, 5) is 6.55. The highest BCUT2D eigenvalue weighted by atomic mass is 32.1. The fourth-order valence-corrected chi connectivity index (χ4v) is 3.81. The van der Waals surface area contributed by atoms with Crippen molar-refractivity contribution >= 4 is 18.0 Å². The molecule has 0 spiro atoms. The summed E-state index contributed by atoms with van der Waals surface area (Å²) >= 11 is 5.38. The third-order valence-corrected chi connectivity index (χ3v) is 5.69. The van der Waals surface area contributed by atoms with E-state index < -0.39 is 0 Å². The second kappa shape index (κ2) is 8.46. The molecule has 1 fully saturated rings. The molecular weight excluding hydrogens is 358 g/mol. The molecule has 0 amide bonds. The number of nitriles is 1. The predicted molar refractivity (Wildman–Crippen MR) is 107 cm³/mol. The number of nitrogens with one attached hydrogen (secondary N) is 2. The molecule has 0 radical (unpaired) electrons. The first-order valence-corrected chi connectivity index (χ1v) is 9.52. The van der Waals surface area contributed by atoms with E-state index in [-0.39, 0.29) is 5.49 Å². The van der Waals surface area contributed by atoms with Gasteiger partial charge >= 0.3 is 0 Å². The van der Waals surface area contributed by atoms with Crippen LogP contribution in [0.5, 0.6) is 0 Å². The van der Waals surface area contributed by atoms with Gasteiger partial charge in [0.25, 0.3) is 0 Å². The fraction of sp³-hybridized carbons (Fsp3) is 0.474. The topological polar surface area (TPSA) is 85.7 Å². The van der Waals surface area contributed by atoms with Crippen LogP contribution in [-0.2, 0) is 20.6 Å². The molecule has 0 bridgehead atoms. The lowest BCUT2D eigenvalue weighted by Gasteiger charge is -2.33. The SMILES string of the molecule is Cn1c(NCC2CCCN(Cc3ccncc3)C2)c(C#N)c(=N)n(C)c1=S. The van der Waals surface area contributed by atoms with Gasteiger partial charge in [-0.05, 0) is 55.2 Å². The van der Waals surface area contributed by atoms with E-state index in [1.165, 1.54) is 5.56 Å². The Kier molecular flexibility index (Phi) is 6.04. The molecule has 1 aliphatic rings. The summed E-state index contributed by atoms with van der Waals surface area (Å²) in [6, 6.07) is 6.27. The molecule has 3 heterocycles. The van der Waals surface area contributed by atoms with Gasteiger partial charge < -0.3 is 14.5 Å². The van der Waals surface area contributed by atoms with Crippen molar-refractivity contribution in [3.05, 3.63) is 45.9 Å². The van der Waals surface area contributed by atoms with E-state index in [9.17, 15) is 5.26 Å². The number of hydrogen-bond donors (Lipinski definition) is 2. The molecule has 1 aliphatic heterocycles. The van der Waals surface area contributed by atoms with Crippen LogP contribution in [0.3, 0.4) is 0 Å². The van der Waals surface area contributed by atoms with Crippen molar-refractivity contribution in [3.63, 3.8) is 0 Å². The predicted octanol–water partition coefficient (Wildman–Crippen LogP) is 2.16. The molecule has 27 heavy (non-hydrogen) atoms. The first-order valence-electron chi connectivity index (χ1n) is 9.11. The van der Waals surface area contributed by atoms with Crippen LogP contribution in [0.1, 0.15) is 24.0 Å². The Hall–Kier alpha value is -2.50. The zero-order chi connectivity index (χ0) is 19.4. The molecule has 1 saturated heterocycles. The standard InChI is InChI=1S/C19H25N7S/c1-24-17(21)16(10-20)18(25(2)19(24)27)23-11-15-4-3-9-26(13-15)12-14-5-7-22-8-6-14/h5-8,15,21,23H,3-4,9,11-13H2,1-2H3. The lowest BCUT2D eigenvalue weighted by molar-refractivity contribution is 0.173. The number of nitrogens with zero attached hydrogens (tertiary/aromatic N) is 5. The van der Waals surface area contributed by atoms with Crippen molar-refractivity contribution in [2.24, 2.45) is 20.0 Å². The van der Waals surface area contributed by atoms with Crippen molar-refractivity contribution in [1.29, 1.82) is 10.7 Å². The van der Waals surface area contributed by atoms with E-state index >= 15 is 0 Å². The summed E-state index contributed by atoms with van der Waals surface area (Å²) in [5.41, 5.74) is 1.76. The van der Waals surface area contributed by atoms with Crippen LogP contribution in [0, 0.1) is 27.4 Å². The highest BCUT2D eigenvalue weighted by Crippen LogP contribution is 2.20. The van der Waals surface area contributed by atoms with Gasteiger partial charge in [-0.2, -0.15) is 5.26 Å². The minimum absolute atomic E-state index is 0.144. The van der Waals surface area contributed by atoms with E-state index in [1.54, 1.807) is 16.2 Å². The van der Waals surface area contributed by atoms with Gasteiger partial charge in [0.05, 0.1) is 0 Å². The summed E-state index contributed by atoms with van der Waals surface area (Å²) in [6.45, 7) is 3.81. The Labute approximate surface area is 164 Å². The van der Waals surface area contributed by atoms with Crippen molar-refractivity contribution < 1.29 is 0 Å². The number of piperidine rings is 1. The van der Waals surface area contributed by atoms with Gasteiger partial charge in [0.15, 0.2) is 4.77 Å². The average Bonchev–Trinajstić information content (AvgIpc) is 2.69. The van der Waals surface area contributed by atoms with Gasteiger partial charge in [0, 0.05) is 46.1 Å². The van der Waals surface area contributed by atoms with Crippen LogP contribution in [0.4, 0.5) is 5.82 Å². The normalized spacial score (nSPS) is 17.4. The Morgan fingerprint density at radius 2 is 2.07 bits per heavy atom. The molecule has 1 unspecified atom stereocenters. The molecule has 0 saturated carbocycles. The first-order chi connectivity index (χ1) is 13.0. The molecule has 142 valence electrons. The van der Waals surface area contributed by atoms with Crippen LogP contribution in [0.15, 0.2) is 24.5 Å². The Morgan fingerprint density at radius 3 is 2.78 bits per heavy atom. The van der Waals surface area contributed by atoms with Gasteiger partial charge in [-0.15, -0.1) is 0 Å². The molecular formula is C19H25N7S. The highest BCUT2D eigenvalue weighted by Gasteiger charge is 2.21. The van der Waals surface area contributed by atoms with E-state index in [0.717, 1.165) is 39.0 Å². The van der Waals surface area contributed by atoms with Gasteiger partial charge in [-0.1, -0.05) is 0 Å². The molecule has 0 aliphatic carbocycles. The number of rotatable bonds is 5. The third kappa shape index (κ3) is 4.26. The van der Waals surface area contributed by atoms with E-state index in [1.807, 2.05) is 19.4 Å². The smallest absolute Gasteiger partial charge is 0.182 e.